The Morgan fingerprint density at radius 1 is 1.17 bits per heavy atom. The van der Waals surface area contributed by atoms with E-state index in [1.165, 1.54) is 29.2 Å². The number of hydrogen-bond donors (Lipinski definition) is 0. The number of carbonyl (C=O) groups excluding carboxylic acids is 2. The second-order valence-electron chi connectivity index (χ2n) is 6.09. The number of amides is 1. The molecule has 1 aliphatic heterocycles. The van der Waals surface area contributed by atoms with Crippen LogP contribution in [0.1, 0.15) is 18.2 Å². The molecule has 1 aliphatic rings. The first-order chi connectivity index (χ1) is 14.0. The highest BCUT2D eigenvalue weighted by molar-refractivity contribution is 7.14. The third kappa shape index (κ3) is 4.11. The van der Waals surface area contributed by atoms with Crippen LogP contribution in [0.25, 0.3) is 6.08 Å². The summed E-state index contributed by atoms with van der Waals surface area (Å²) in [6.07, 6.45) is 1.54. The third-order valence-electron chi connectivity index (χ3n) is 4.01. The Morgan fingerprint density at radius 3 is 2.69 bits per heavy atom. The van der Waals surface area contributed by atoms with Gasteiger partial charge in [0.1, 0.15) is 0 Å². The van der Waals surface area contributed by atoms with Crippen molar-refractivity contribution in [1.29, 1.82) is 0 Å². The van der Waals surface area contributed by atoms with Gasteiger partial charge in [-0.2, -0.15) is 0 Å². The first-order valence-electron chi connectivity index (χ1n) is 8.61. The Labute approximate surface area is 175 Å². The number of cyclic esters (lactones) is 1. The van der Waals surface area contributed by atoms with E-state index in [-0.39, 0.29) is 17.5 Å². The van der Waals surface area contributed by atoms with E-state index >= 15 is 0 Å². The van der Waals surface area contributed by atoms with E-state index in [0.717, 1.165) is 0 Å². The van der Waals surface area contributed by atoms with Crippen LogP contribution < -0.4 is 4.90 Å². The van der Waals surface area contributed by atoms with E-state index in [0.29, 0.717) is 27.1 Å². The molecule has 8 heteroatoms. The van der Waals surface area contributed by atoms with Gasteiger partial charge >= 0.3 is 5.97 Å². The van der Waals surface area contributed by atoms with Crippen LogP contribution in [0.3, 0.4) is 0 Å². The Kier molecular flexibility index (Phi) is 5.24. The van der Waals surface area contributed by atoms with E-state index in [1.807, 2.05) is 30.3 Å². The molecule has 0 saturated heterocycles. The van der Waals surface area contributed by atoms with Gasteiger partial charge in [-0.3, -0.25) is 9.69 Å². The van der Waals surface area contributed by atoms with Crippen molar-refractivity contribution in [1.82, 2.24) is 4.98 Å². The van der Waals surface area contributed by atoms with Crippen molar-refractivity contribution < 1.29 is 14.3 Å². The van der Waals surface area contributed by atoms with Gasteiger partial charge < -0.3 is 4.74 Å². The lowest BCUT2D eigenvalue weighted by atomic mass is 10.2. The summed E-state index contributed by atoms with van der Waals surface area (Å²) in [5.74, 6) is -0.497. The summed E-state index contributed by atoms with van der Waals surface area (Å²) in [5, 5.41) is 2.72. The Hall–Kier alpha value is -3.29. The van der Waals surface area contributed by atoms with E-state index in [9.17, 15) is 9.59 Å². The van der Waals surface area contributed by atoms with Crippen molar-refractivity contribution >= 4 is 57.6 Å². The average molecular weight is 424 g/mol. The SMILES string of the molecule is CC(=O)N(c1cccc(Cl)c1)c1nc(C=C2N=C(c3ccccc3)OC2=O)cs1. The van der Waals surface area contributed by atoms with Crippen molar-refractivity contribution in [2.24, 2.45) is 4.99 Å². The molecule has 2 aromatic carbocycles. The molecule has 0 unspecified atom stereocenters. The van der Waals surface area contributed by atoms with E-state index < -0.39 is 5.97 Å². The molecule has 2 heterocycles. The molecule has 0 radical (unpaired) electrons. The summed E-state index contributed by atoms with van der Waals surface area (Å²) >= 11 is 7.32. The molecule has 0 bridgehead atoms. The smallest absolute Gasteiger partial charge is 0.363 e. The summed E-state index contributed by atoms with van der Waals surface area (Å²) in [5.41, 5.74) is 1.98. The maximum Gasteiger partial charge on any atom is 0.363 e. The zero-order valence-electron chi connectivity index (χ0n) is 15.2. The van der Waals surface area contributed by atoms with Gasteiger partial charge in [-0.05, 0) is 36.4 Å². The molecule has 0 saturated carbocycles. The number of hydrogen-bond acceptors (Lipinski definition) is 6. The molecular formula is C21H14ClN3O3S. The highest BCUT2D eigenvalue weighted by atomic mass is 35.5. The number of ether oxygens (including phenoxy) is 1. The summed E-state index contributed by atoms with van der Waals surface area (Å²) in [4.78, 5) is 34.6. The second-order valence-corrected chi connectivity index (χ2v) is 7.36. The highest BCUT2D eigenvalue weighted by Crippen LogP contribution is 2.31. The minimum absolute atomic E-state index is 0.151. The monoisotopic (exact) mass is 423 g/mol. The number of benzene rings is 2. The third-order valence-corrected chi connectivity index (χ3v) is 5.09. The highest BCUT2D eigenvalue weighted by Gasteiger charge is 2.25. The summed E-state index contributed by atoms with van der Waals surface area (Å²) in [7, 11) is 0. The number of aliphatic imine (C=N–C) groups is 1. The van der Waals surface area contributed by atoms with Gasteiger partial charge in [0.05, 0.1) is 11.4 Å². The van der Waals surface area contributed by atoms with Crippen molar-refractivity contribution in [3.05, 3.63) is 82.0 Å². The maximum atomic E-state index is 12.2. The van der Waals surface area contributed by atoms with Gasteiger partial charge in [0.25, 0.3) is 0 Å². The fraction of sp³-hybridized carbons (Fsp3) is 0.0476. The van der Waals surface area contributed by atoms with Gasteiger partial charge in [0.2, 0.25) is 11.8 Å². The number of esters is 1. The quantitative estimate of drug-likeness (QED) is 0.445. The lowest BCUT2D eigenvalue weighted by Gasteiger charge is -2.18. The number of rotatable bonds is 4. The summed E-state index contributed by atoms with van der Waals surface area (Å²) < 4.78 is 5.25. The van der Waals surface area contributed by atoms with Crippen LogP contribution in [-0.4, -0.2) is 22.8 Å². The molecule has 144 valence electrons. The van der Waals surface area contributed by atoms with Gasteiger partial charge in [-0.1, -0.05) is 35.9 Å². The van der Waals surface area contributed by atoms with Gasteiger partial charge in [-0.25, -0.2) is 14.8 Å². The summed E-state index contributed by atoms with van der Waals surface area (Å²) in [6, 6.07) is 16.1. The predicted molar refractivity (Wildman–Crippen MR) is 113 cm³/mol. The molecule has 29 heavy (non-hydrogen) atoms. The second kappa shape index (κ2) is 7.98. The molecular weight excluding hydrogens is 410 g/mol. The Morgan fingerprint density at radius 2 is 1.97 bits per heavy atom. The van der Waals surface area contributed by atoms with Crippen LogP contribution in [0, 0.1) is 0 Å². The molecule has 1 amide bonds. The molecule has 0 atom stereocenters. The average Bonchev–Trinajstić information content (AvgIpc) is 3.30. The van der Waals surface area contributed by atoms with E-state index in [2.05, 4.69) is 9.98 Å². The molecule has 0 N–H and O–H groups in total. The molecule has 0 spiro atoms. The Balaban J connectivity index is 1.64. The van der Waals surface area contributed by atoms with Crippen molar-refractivity contribution in [3.8, 4) is 0 Å². The molecule has 6 nitrogen and oxygen atoms in total. The molecule has 0 aliphatic carbocycles. The number of halogens is 1. The van der Waals surface area contributed by atoms with E-state index in [4.69, 9.17) is 16.3 Å². The van der Waals surface area contributed by atoms with Crippen molar-refractivity contribution in [3.63, 3.8) is 0 Å². The standard InChI is InChI=1S/C21H14ClN3O3S/c1-13(26)25(17-9-5-8-15(22)10-17)21-23-16(12-29-21)11-18-20(27)28-19(24-18)14-6-3-2-4-7-14/h2-12H,1H3. The minimum Gasteiger partial charge on any atom is -0.402 e. The van der Waals surface area contributed by atoms with E-state index in [1.54, 1.807) is 29.6 Å². The van der Waals surface area contributed by atoms with Crippen LogP contribution in [-0.2, 0) is 14.3 Å². The first kappa shape index (κ1) is 19.0. The van der Waals surface area contributed by atoms with Crippen LogP contribution >= 0.6 is 22.9 Å². The van der Waals surface area contributed by atoms with Gasteiger partial charge in [0, 0.05) is 22.9 Å². The number of anilines is 2. The largest absolute Gasteiger partial charge is 0.402 e. The number of carbonyl (C=O) groups is 2. The zero-order chi connectivity index (χ0) is 20.4. The lowest BCUT2D eigenvalue weighted by Crippen LogP contribution is -2.22. The first-order valence-corrected chi connectivity index (χ1v) is 9.87. The molecule has 3 aromatic rings. The molecule has 0 fully saturated rings. The molecule has 1 aromatic heterocycles. The molecule has 4 rings (SSSR count). The fourth-order valence-corrected chi connectivity index (χ4v) is 3.77. The van der Waals surface area contributed by atoms with Crippen LogP contribution in [0.4, 0.5) is 10.8 Å². The summed E-state index contributed by atoms with van der Waals surface area (Å²) in [6.45, 7) is 1.45. The lowest BCUT2D eigenvalue weighted by molar-refractivity contribution is -0.130. The number of aromatic nitrogens is 1. The fourth-order valence-electron chi connectivity index (χ4n) is 2.74. The predicted octanol–water partition coefficient (Wildman–Crippen LogP) is 4.83. The topological polar surface area (TPSA) is 71.9 Å². The van der Waals surface area contributed by atoms with Crippen LogP contribution in [0.15, 0.2) is 70.7 Å². The maximum absolute atomic E-state index is 12.2. The van der Waals surface area contributed by atoms with Gasteiger partial charge in [-0.15, -0.1) is 11.3 Å². The van der Waals surface area contributed by atoms with Crippen LogP contribution in [0.2, 0.25) is 5.02 Å². The van der Waals surface area contributed by atoms with Crippen molar-refractivity contribution in [2.75, 3.05) is 4.90 Å². The zero-order valence-corrected chi connectivity index (χ0v) is 16.8. The number of nitrogens with zero attached hydrogens (tertiary/aromatic N) is 3. The Bertz CT molecular complexity index is 1150. The van der Waals surface area contributed by atoms with Crippen molar-refractivity contribution in [2.45, 2.75) is 6.92 Å². The normalized spacial score (nSPS) is 14.6. The minimum atomic E-state index is -0.545. The van der Waals surface area contributed by atoms with Gasteiger partial charge in [0.15, 0.2) is 10.8 Å². The van der Waals surface area contributed by atoms with Crippen LogP contribution in [0.5, 0.6) is 0 Å². The number of thiazole rings is 1.